The fourth-order valence-electron chi connectivity index (χ4n) is 2.00. The van der Waals surface area contributed by atoms with E-state index in [9.17, 15) is 0 Å². The third kappa shape index (κ3) is 4.71. The zero-order valence-electron chi connectivity index (χ0n) is 11.6. The van der Waals surface area contributed by atoms with Gasteiger partial charge < -0.3 is 10.1 Å². The van der Waals surface area contributed by atoms with Crippen molar-refractivity contribution in [1.29, 1.82) is 0 Å². The molecule has 1 aromatic rings. The molecule has 0 amide bonds. The van der Waals surface area contributed by atoms with Crippen molar-refractivity contribution in [3.8, 4) is 0 Å². The SMILES string of the molecule is CCCNC(CCCOCC)c1c(Br)cnn1C. The van der Waals surface area contributed by atoms with Crippen molar-refractivity contribution in [2.45, 2.75) is 39.2 Å². The topological polar surface area (TPSA) is 39.1 Å². The van der Waals surface area contributed by atoms with E-state index in [-0.39, 0.29) is 0 Å². The predicted molar refractivity (Wildman–Crippen MR) is 77.7 cm³/mol. The summed E-state index contributed by atoms with van der Waals surface area (Å²) in [6.45, 7) is 6.86. The number of aromatic nitrogens is 2. The van der Waals surface area contributed by atoms with Gasteiger partial charge in [-0.1, -0.05) is 6.92 Å². The van der Waals surface area contributed by atoms with Crippen LogP contribution in [0.25, 0.3) is 0 Å². The Morgan fingerprint density at radius 3 is 2.83 bits per heavy atom. The molecule has 1 unspecified atom stereocenters. The van der Waals surface area contributed by atoms with Gasteiger partial charge in [0.1, 0.15) is 0 Å². The molecule has 0 spiro atoms. The summed E-state index contributed by atoms with van der Waals surface area (Å²) in [7, 11) is 1.99. The summed E-state index contributed by atoms with van der Waals surface area (Å²) < 4.78 is 8.43. The molecule has 0 saturated carbocycles. The zero-order chi connectivity index (χ0) is 13.4. The van der Waals surface area contributed by atoms with Crippen LogP contribution in [0.5, 0.6) is 0 Å². The van der Waals surface area contributed by atoms with Crippen LogP contribution in [0.1, 0.15) is 44.8 Å². The van der Waals surface area contributed by atoms with Crippen LogP contribution in [-0.2, 0) is 11.8 Å². The Balaban J connectivity index is 2.60. The van der Waals surface area contributed by atoms with Gasteiger partial charge in [-0.2, -0.15) is 5.10 Å². The molecule has 0 aliphatic carbocycles. The Hall–Kier alpha value is -0.390. The van der Waals surface area contributed by atoms with Gasteiger partial charge in [-0.15, -0.1) is 0 Å². The Kier molecular flexibility index (Phi) is 7.54. The first-order chi connectivity index (χ1) is 8.70. The van der Waals surface area contributed by atoms with Crippen molar-refractivity contribution in [3.05, 3.63) is 16.4 Å². The zero-order valence-corrected chi connectivity index (χ0v) is 13.2. The molecule has 104 valence electrons. The smallest absolute Gasteiger partial charge is 0.0692 e. The molecule has 0 saturated heterocycles. The Morgan fingerprint density at radius 2 is 2.28 bits per heavy atom. The van der Waals surface area contributed by atoms with Crippen LogP contribution in [0.3, 0.4) is 0 Å². The molecule has 18 heavy (non-hydrogen) atoms. The molecule has 1 heterocycles. The maximum Gasteiger partial charge on any atom is 0.0692 e. The first-order valence-corrected chi connectivity index (χ1v) is 7.48. The Labute approximate surface area is 118 Å². The maximum atomic E-state index is 5.40. The summed E-state index contributed by atoms with van der Waals surface area (Å²) in [5, 5.41) is 7.87. The van der Waals surface area contributed by atoms with Crippen molar-refractivity contribution in [2.24, 2.45) is 7.05 Å². The number of nitrogens with one attached hydrogen (secondary N) is 1. The number of hydrogen-bond donors (Lipinski definition) is 1. The lowest BCUT2D eigenvalue weighted by molar-refractivity contribution is 0.140. The second kappa shape index (κ2) is 8.67. The Bertz CT molecular complexity index is 321. The standard InChI is InChI=1S/C13H24BrN3O/c1-4-8-15-12(7-6-9-18-5-2)13-11(14)10-16-17(13)3/h10,12,15H,4-9H2,1-3H3. The van der Waals surface area contributed by atoms with Crippen LogP contribution < -0.4 is 5.32 Å². The number of aryl methyl sites for hydroxylation is 1. The second-order valence-corrected chi connectivity index (χ2v) is 5.20. The number of halogens is 1. The number of nitrogens with zero attached hydrogens (tertiary/aromatic N) is 2. The van der Waals surface area contributed by atoms with Crippen LogP contribution in [0.2, 0.25) is 0 Å². The molecule has 0 fully saturated rings. The van der Waals surface area contributed by atoms with E-state index in [4.69, 9.17) is 4.74 Å². The van der Waals surface area contributed by atoms with Gasteiger partial charge in [-0.3, -0.25) is 4.68 Å². The molecule has 0 aliphatic rings. The fraction of sp³-hybridized carbons (Fsp3) is 0.769. The van der Waals surface area contributed by atoms with Crippen molar-refractivity contribution >= 4 is 15.9 Å². The van der Waals surface area contributed by atoms with E-state index in [1.54, 1.807) is 0 Å². The number of ether oxygens (including phenoxy) is 1. The van der Waals surface area contributed by atoms with Crippen LogP contribution >= 0.6 is 15.9 Å². The van der Waals surface area contributed by atoms with E-state index in [1.807, 2.05) is 24.9 Å². The lowest BCUT2D eigenvalue weighted by Gasteiger charge is -2.19. The normalized spacial score (nSPS) is 12.9. The molecule has 4 nitrogen and oxygen atoms in total. The largest absolute Gasteiger partial charge is 0.382 e. The summed E-state index contributed by atoms with van der Waals surface area (Å²) in [6.07, 6.45) is 5.13. The molecule has 1 N–H and O–H groups in total. The van der Waals surface area contributed by atoms with Crippen molar-refractivity contribution < 1.29 is 4.74 Å². The van der Waals surface area contributed by atoms with Gasteiger partial charge >= 0.3 is 0 Å². The van der Waals surface area contributed by atoms with E-state index >= 15 is 0 Å². The van der Waals surface area contributed by atoms with E-state index in [0.29, 0.717) is 6.04 Å². The van der Waals surface area contributed by atoms with Gasteiger partial charge in [-0.25, -0.2) is 0 Å². The highest BCUT2D eigenvalue weighted by Gasteiger charge is 2.17. The van der Waals surface area contributed by atoms with Gasteiger partial charge in [0.25, 0.3) is 0 Å². The minimum Gasteiger partial charge on any atom is -0.382 e. The predicted octanol–water partition coefficient (Wildman–Crippen LogP) is 3.04. The van der Waals surface area contributed by atoms with Gasteiger partial charge in [0, 0.05) is 20.3 Å². The van der Waals surface area contributed by atoms with Gasteiger partial charge in [0.2, 0.25) is 0 Å². The quantitative estimate of drug-likeness (QED) is 0.711. The minimum atomic E-state index is 0.340. The van der Waals surface area contributed by atoms with Crippen molar-refractivity contribution in [2.75, 3.05) is 19.8 Å². The van der Waals surface area contributed by atoms with Crippen LogP contribution in [-0.4, -0.2) is 29.5 Å². The van der Waals surface area contributed by atoms with Crippen molar-refractivity contribution in [3.63, 3.8) is 0 Å². The van der Waals surface area contributed by atoms with Gasteiger partial charge in [-0.05, 0) is 48.7 Å². The lowest BCUT2D eigenvalue weighted by Crippen LogP contribution is -2.25. The summed E-state index contributed by atoms with van der Waals surface area (Å²) in [5.41, 5.74) is 1.22. The molecule has 1 atom stereocenters. The minimum absolute atomic E-state index is 0.340. The van der Waals surface area contributed by atoms with Crippen molar-refractivity contribution in [1.82, 2.24) is 15.1 Å². The summed E-state index contributed by atoms with van der Waals surface area (Å²) >= 11 is 3.58. The third-order valence-electron chi connectivity index (χ3n) is 2.89. The highest BCUT2D eigenvalue weighted by molar-refractivity contribution is 9.10. The molecular weight excluding hydrogens is 294 g/mol. The first-order valence-electron chi connectivity index (χ1n) is 6.69. The molecular formula is C13H24BrN3O. The first kappa shape index (κ1) is 15.7. The second-order valence-electron chi connectivity index (χ2n) is 4.35. The summed E-state index contributed by atoms with van der Waals surface area (Å²) in [4.78, 5) is 0. The third-order valence-corrected chi connectivity index (χ3v) is 3.51. The number of hydrogen-bond acceptors (Lipinski definition) is 3. The highest BCUT2D eigenvalue weighted by atomic mass is 79.9. The molecule has 1 rings (SSSR count). The maximum absolute atomic E-state index is 5.40. The van der Waals surface area contributed by atoms with E-state index in [1.165, 1.54) is 5.69 Å². The van der Waals surface area contributed by atoms with E-state index in [2.05, 4.69) is 33.3 Å². The fourth-order valence-corrected chi connectivity index (χ4v) is 2.62. The van der Waals surface area contributed by atoms with Gasteiger partial charge in [0.15, 0.2) is 0 Å². The van der Waals surface area contributed by atoms with E-state index in [0.717, 1.165) is 43.5 Å². The molecule has 0 radical (unpaired) electrons. The average Bonchev–Trinajstić information content (AvgIpc) is 2.69. The molecule has 0 aromatic carbocycles. The van der Waals surface area contributed by atoms with Crippen LogP contribution in [0.4, 0.5) is 0 Å². The molecule has 1 aromatic heterocycles. The highest BCUT2D eigenvalue weighted by Crippen LogP contribution is 2.25. The summed E-state index contributed by atoms with van der Waals surface area (Å²) in [5.74, 6) is 0. The monoisotopic (exact) mass is 317 g/mol. The Morgan fingerprint density at radius 1 is 1.50 bits per heavy atom. The van der Waals surface area contributed by atoms with Gasteiger partial charge in [0.05, 0.1) is 22.4 Å². The molecule has 0 bridgehead atoms. The average molecular weight is 318 g/mol. The van der Waals surface area contributed by atoms with Crippen LogP contribution in [0.15, 0.2) is 10.7 Å². The number of rotatable bonds is 9. The molecule has 5 heteroatoms. The summed E-state index contributed by atoms with van der Waals surface area (Å²) in [6, 6.07) is 0.340. The van der Waals surface area contributed by atoms with Crippen LogP contribution in [0, 0.1) is 0 Å². The lowest BCUT2D eigenvalue weighted by atomic mass is 10.1. The molecule has 0 aliphatic heterocycles. The van der Waals surface area contributed by atoms with E-state index < -0.39 is 0 Å².